The van der Waals surface area contributed by atoms with Gasteiger partial charge in [-0.2, -0.15) is 5.10 Å². The molecule has 0 bridgehead atoms. The second kappa shape index (κ2) is 5.12. The predicted octanol–water partition coefficient (Wildman–Crippen LogP) is 0.550. The number of carbonyl (C=O) groups excluding carboxylic acids is 2. The van der Waals surface area contributed by atoms with Gasteiger partial charge < -0.3 is 0 Å². The van der Waals surface area contributed by atoms with Gasteiger partial charge in [-0.15, -0.1) is 0 Å². The van der Waals surface area contributed by atoms with E-state index < -0.39 is 16.9 Å². The molecule has 9 nitrogen and oxygen atoms in total. The highest BCUT2D eigenvalue weighted by Gasteiger charge is 2.19. The van der Waals surface area contributed by atoms with Crippen molar-refractivity contribution in [1.29, 1.82) is 0 Å². The van der Waals surface area contributed by atoms with E-state index in [4.69, 9.17) is 0 Å². The molecule has 3 amide bonds. The number of rotatable bonds is 3. The summed E-state index contributed by atoms with van der Waals surface area (Å²) in [5.74, 6) is -0.278. The van der Waals surface area contributed by atoms with E-state index in [9.17, 15) is 19.7 Å². The molecule has 0 radical (unpaired) electrons. The number of imide groups is 1. The van der Waals surface area contributed by atoms with Gasteiger partial charge in [0.2, 0.25) is 5.91 Å². The molecule has 19 heavy (non-hydrogen) atoms. The first-order valence-corrected chi connectivity index (χ1v) is 5.22. The Morgan fingerprint density at radius 3 is 2.47 bits per heavy atom. The Bertz CT molecular complexity index is 548. The third kappa shape index (κ3) is 3.25. The number of carbonyl (C=O) groups is 2. The average Bonchev–Trinajstić information content (AvgIpc) is 2.36. The highest BCUT2D eigenvalue weighted by atomic mass is 16.6. The molecule has 0 aliphatic carbocycles. The number of amidine groups is 1. The summed E-state index contributed by atoms with van der Waals surface area (Å²) in [6.07, 6.45) is -0.0499. The van der Waals surface area contributed by atoms with Gasteiger partial charge >= 0.3 is 6.03 Å². The van der Waals surface area contributed by atoms with Gasteiger partial charge in [-0.05, 0) is 12.1 Å². The minimum absolute atomic E-state index is 0.0384. The zero-order valence-electron chi connectivity index (χ0n) is 9.54. The number of nitro groups is 1. The summed E-state index contributed by atoms with van der Waals surface area (Å²) in [5.41, 5.74) is 3.05. The molecule has 1 aromatic carbocycles. The zero-order chi connectivity index (χ0) is 13.8. The van der Waals surface area contributed by atoms with Crippen molar-refractivity contribution in [3.05, 3.63) is 34.4 Å². The Kier molecular flexibility index (Phi) is 3.37. The van der Waals surface area contributed by atoms with E-state index in [1.54, 1.807) is 0 Å². The van der Waals surface area contributed by atoms with Gasteiger partial charge in [-0.3, -0.25) is 31.0 Å². The normalized spacial score (nSPS) is 16.7. The third-order valence-electron chi connectivity index (χ3n) is 2.24. The van der Waals surface area contributed by atoms with Crippen molar-refractivity contribution < 1.29 is 14.5 Å². The summed E-state index contributed by atoms with van der Waals surface area (Å²) < 4.78 is 0. The van der Waals surface area contributed by atoms with Crippen molar-refractivity contribution in [3.8, 4) is 0 Å². The molecule has 1 aliphatic heterocycles. The van der Waals surface area contributed by atoms with Gasteiger partial charge in [0.15, 0.2) is 0 Å². The van der Waals surface area contributed by atoms with Crippen molar-refractivity contribution in [2.24, 2.45) is 5.10 Å². The van der Waals surface area contributed by atoms with Crippen LogP contribution in [0.2, 0.25) is 0 Å². The molecular weight excluding hydrogens is 254 g/mol. The van der Waals surface area contributed by atoms with Crippen molar-refractivity contribution in [3.63, 3.8) is 0 Å². The van der Waals surface area contributed by atoms with E-state index in [2.05, 4.69) is 21.2 Å². The molecule has 9 heteroatoms. The fraction of sp³-hybridized carbons (Fsp3) is 0.100. The van der Waals surface area contributed by atoms with Crippen LogP contribution in [0.4, 0.5) is 16.2 Å². The predicted molar refractivity (Wildman–Crippen MR) is 65.4 cm³/mol. The molecule has 98 valence electrons. The number of amides is 3. The lowest BCUT2D eigenvalue weighted by atomic mass is 10.3. The van der Waals surface area contributed by atoms with Crippen LogP contribution in [-0.4, -0.2) is 22.7 Å². The van der Waals surface area contributed by atoms with E-state index in [-0.39, 0.29) is 17.9 Å². The lowest BCUT2D eigenvalue weighted by Crippen LogP contribution is -2.50. The molecule has 1 fully saturated rings. The van der Waals surface area contributed by atoms with E-state index in [1.807, 2.05) is 0 Å². The SMILES string of the molecule is O=C1CC(=NNc2ccc([N+](=O)[O-])cc2)NC(=O)N1. The van der Waals surface area contributed by atoms with Crippen LogP contribution < -0.4 is 16.1 Å². The Balaban J connectivity index is 2.03. The second-order valence-corrected chi connectivity index (χ2v) is 3.65. The summed E-state index contributed by atoms with van der Waals surface area (Å²) in [4.78, 5) is 32.0. The monoisotopic (exact) mass is 263 g/mol. The topological polar surface area (TPSA) is 126 Å². The minimum Gasteiger partial charge on any atom is -0.294 e. The van der Waals surface area contributed by atoms with E-state index in [1.165, 1.54) is 24.3 Å². The third-order valence-corrected chi connectivity index (χ3v) is 2.24. The summed E-state index contributed by atoms with van der Waals surface area (Å²) in [6, 6.07) is 4.92. The number of hydrogen-bond acceptors (Lipinski definition) is 6. The van der Waals surface area contributed by atoms with Crippen LogP contribution in [0.5, 0.6) is 0 Å². The molecule has 1 saturated heterocycles. The lowest BCUT2D eigenvalue weighted by molar-refractivity contribution is -0.384. The molecule has 0 atom stereocenters. The molecule has 1 aromatic rings. The first kappa shape index (κ1) is 12.5. The first-order valence-electron chi connectivity index (χ1n) is 5.22. The van der Waals surface area contributed by atoms with E-state index >= 15 is 0 Å². The molecule has 0 saturated carbocycles. The number of hydrogen-bond donors (Lipinski definition) is 3. The van der Waals surface area contributed by atoms with E-state index in [0.717, 1.165) is 0 Å². The Morgan fingerprint density at radius 1 is 1.21 bits per heavy atom. The quantitative estimate of drug-likeness (QED) is 0.542. The largest absolute Gasteiger partial charge is 0.326 e. The Hall–Kier alpha value is -2.97. The van der Waals surface area contributed by atoms with Crippen molar-refractivity contribution in [2.45, 2.75) is 6.42 Å². The number of nitrogens with zero attached hydrogens (tertiary/aromatic N) is 2. The summed E-state index contributed by atoms with van der Waals surface area (Å²) >= 11 is 0. The number of benzene rings is 1. The Morgan fingerprint density at radius 2 is 1.89 bits per heavy atom. The van der Waals surface area contributed by atoms with Gasteiger partial charge in [0.1, 0.15) is 5.84 Å². The standard InChI is InChI=1S/C10H9N5O4/c16-9-5-8(11-10(17)12-9)14-13-6-1-3-7(4-2-6)15(18)19/h1-4,13H,5H2,(H2,11,12,14,16,17). The molecule has 1 heterocycles. The van der Waals surface area contributed by atoms with Gasteiger partial charge in [-0.25, -0.2) is 4.79 Å². The minimum atomic E-state index is -0.638. The highest BCUT2D eigenvalue weighted by molar-refractivity contribution is 6.16. The van der Waals surface area contributed by atoms with Crippen LogP contribution in [0, 0.1) is 10.1 Å². The van der Waals surface area contributed by atoms with Crippen LogP contribution in [-0.2, 0) is 4.79 Å². The average molecular weight is 263 g/mol. The van der Waals surface area contributed by atoms with Crippen molar-refractivity contribution in [2.75, 3.05) is 5.43 Å². The number of anilines is 1. The first-order chi connectivity index (χ1) is 9.04. The van der Waals surface area contributed by atoms with Gasteiger partial charge in [0.05, 0.1) is 17.0 Å². The fourth-order valence-corrected chi connectivity index (χ4v) is 1.39. The van der Waals surface area contributed by atoms with Crippen LogP contribution in [0.3, 0.4) is 0 Å². The van der Waals surface area contributed by atoms with Crippen LogP contribution in [0.1, 0.15) is 6.42 Å². The summed E-state index contributed by atoms with van der Waals surface area (Å²) in [5, 5.41) is 18.7. The fourth-order valence-electron chi connectivity index (χ4n) is 1.39. The van der Waals surface area contributed by atoms with Gasteiger partial charge in [-0.1, -0.05) is 0 Å². The van der Waals surface area contributed by atoms with Gasteiger partial charge in [0, 0.05) is 12.1 Å². The summed E-state index contributed by atoms with van der Waals surface area (Å²) in [6.45, 7) is 0. The maximum absolute atomic E-state index is 11.1. The second-order valence-electron chi connectivity index (χ2n) is 3.65. The molecule has 0 unspecified atom stereocenters. The number of non-ortho nitro benzene ring substituents is 1. The Labute approximate surface area is 106 Å². The summed E-state index contributed by atoms with van der Waals surface area (Å²) in [7, 11) is 0. The molecule has 1 aliphatic rings. The number of urea groups is 1. The van der Waals surface area contributed by atoms with Gasteiger partial charge in [0.25, 0.3) is 5.69 Å². The molecule has 0 aromatic heterocycles. The molecule has 3 N–H and O–H groups in total. The van der Waals surface area contributed by atoms with Crippen molar-refractivity contribution >= 4 is 29.1 Å². The number of nitrogens with one attached hydrogen (secondary N) is 3. The highest BCUT2D eigenvalue weighted by Crippen LogP contribution is 2.15. The molecule has 2 rings (SSSR count). The van der Waals surface area contributed by atoms with E-state index in [0.29, 0.717) is 5.69 Å². The van der Waals surface area contributed by atoms with Crippen molar-refractivity contribution in [1.82, 2.24) is 10.6 Å². The smallest absolute Gasteiger partial charge is 0.294 e. The maximum Gasteiger partial charge on any atom is 0.326 e. The molecular formula is C10H9N5O4. The van der Waals surface area contributed by atoms with Crippen LogP contribution in [0.15, 0.2) is 29.4 Å². The lowest BCUT2D eigenvalue weighted by Gasteiger charge is -2.14. The zero-order valence-corrected chi connectivity index (χ0v) is 9.54. The maximum atomic E-state index is 11.1. The van der Waals surface area contributed by atoms with Crippen LogP contribution in [0.25, 0.3) is 0 Å². The number of nitro benzene ring substituents is 1. The number of hydrazone groups is 1. The molecule has 0 spiro atoms. The van der Waals surface area contributed by atoms with Crippen LogP contribution >= 0.6 is 0 Å².